The van der Waals surface area contributed by atoms with E-state index in [2.05, 4.69) is 9.72 Å². The van der Waals surface area contributed by atoms with E-state index in [1.807, 2.05) is 0 Å². The summed E-state index contributed by atoms with van der Waals surface area (Å²) in [5, 5.41) is 10.7. The fraction of sp³-hybridized carbons (Fsp3) is 0.222. The molecule has 3 aromatic rings. The van der Waals surface area contributed by atoms with Crippen LogP contribution in [0.1, 0.15) is 11.7 Å². The highest BCUT2D eigenvalue weighted by molar-refractivity contribution is 5.83. The summed E-state index contributed by atoms with van der Waals surface area (Å²) in [5.74, 6) is 0.0626. The summed E-state index contributed by atoms with van der Waals surface area (Å²) in [5.41, 5.74) is 0.376. The van der Waals surface area contributed by atoms with Crippen molar-refractivity contribution in [2.24, 2.45) is 0 Å². The van der Waals surface area contributed by atoms with Crippen LogP contribution in [0, 0.1) is 0 Å². The molecule has 1 N–H and O–H groups in total. The van der Waals surface area contributed by atoms with Crippen molar-refractivity contribution in [2.75, 3.05) is 7.11 Å². The van der Waals surface area contributed by atoms with Gasteiger partial charge >= 0.3 is 6.36 Å². The topological polar surface area (TPSA) is 73.6 Å². The summed E-state index contributed by atoms with van der Waals surface area (Å²) in [6.07, 6.45) is -4.62. The minimum atomic E-state index is -4.79. The minimum absolute atomic E-state index is 0.113. The lowest BCUT2D eigenvalue weighted by molar-refractivity contribution is -0.274. The number of aromatic nitrogens is 2. The lowest BCUT2D eigenvalue weighted by Gasteiger charge is -2.15. The highest BCUT2D eigenvalue weighted by atomic mass is 19.4. The van der Waals surface area contributed by atoms with Gasteiger partial charge in [0.05, 0.1) is 31.5 Å². The van der Waals surface area contributed by atoms with Gasteiger partial charge in [-0.25, -0.2) is 4.98 Å². The number of aliphatic hydroxyl groups is 1. The summed E-state index contributed by atoms with van der Waals surface area (Å²) >= 11 is 0. The van der Waals surface area contributed by atoms with Gasteiger partial charge in [0.25, 0.3) is 5.56 Å². The van der Waals surface area contributed by atoms with Crippen LogP contribution in [0.15, 0.2) is 53.6 Å². The van der Waals surface area contributed by atoms with Crippen molar-refractivity contribution >= 4 is 10.9 Å². The van der Waals surface area contributed by atoms with Crippen molar-refractivity contribution in [3.05, 3.63) is 64.7 Å². The lowest BCUT2D eigenvalue weighted by Crippen LogP contribution is -2.24. The number of hydrogen-bond donors (Lipinski definition) is 1. The first-order valence-electron chi connectivity index (χ1n) is 7.84. The molecule has 0 bridgehead atoms. The first-order valence-corrected chi connectivity index (χ1v) is 7.84. The van der Waals surface area contributed by atoms with Gasteiger partial charge in [-0.1, -0.05) is 18.2 Å². The number of fused-ring (bicyclic) bond motifs is 1. The molecular formula is C18H15F3N2O4. The van der Waals surface area contributed by atoms with Crippen molar-refractivity contribution in [3.63, 3.8) is 0 Å². The molecule has 0 saturated carbocycles. The molecule has 0 aliphatic carbocycles. The molecule has 27 heavy (non-hydrogen) atoms. The molecule has 1 atom stereocenters. The molecule has 1 aromatic heterocycles. The average Bonchev–Trinajstić information content (AvgIpc) is 2.63. The molecule has 0 aliphatic rings. The number of nitrogens with zero attached hydrogens (tertiary/aromatic N) is 2. The van der Waals surface area contributed by atoms with Crippen LogP contribution in [0.5, 0.6) is 11.5 Å². The van der Waals surface area contributed by atoms with E-state index in [0.717, 1.165) is 12.1 Å². The van der Waals surface area contributed by atoms with Gasteiger partial charge in [-0.2, -0.15) is 0 Å². The molecule has 0 aliphatic heterocycles. The van der Waals surface area contributed by atoms with Crippen LogP contribution in [-0.2, 0) is 6.54 Å². The molecular weight excluding hydrogens is 365 g/mol. The second kappa shape index (κ2) is 7.28. The van der Waals surface area contributed by atoms with Gasteiger partial charge in [0.15, 0.2) is 0 Å². The Morgan fingerprint density at radius 3 is 2.52 bits per heavy atom. The SMILES string of the molecule is COc1cccc2c(=O)n(CC(O)c3ccc(OC(F)(F)F)cc3)cnc12. The standard InChI is InChI=1S/C18H15F3N2O4/c1-26-15-4-2-3-13-16(15)22-10-23(17(13)25)9-14(24)11-5-7-12(8-6-11)27-18(19,20)21/h2-8,10,14,24H,9H2,1H3. The molecule has 3 rings (SSSR count). The normalized spacial score (nSPS) is 12.8. The van der Waals surface area contributed by atoms with Crippen LogP contribution in [0.4, 0.5) is 13.2 Å². The Kier molecular flexibility index (Phi) is 5.04. The van der Waals surface area contributed by atoms with Crippen molar-refractivity contribution in [2.45, 2.75) is 19.0 Å². The Bertz CT molecular complexity index is 1000. The second-order valence-electron chi connectivity index (χ2n) is 5.69. The third-order valence-electron chi connectivity index (χ3n) is 3.90. The smallest absolute Gasteiger partial charge is 0.494 e. The molecule has 1 heterocycles. The Morgan fingerprint density at radius 1 is 1.19 bits per heavy atom. The second-order valence-corrected chi connectivity index (χ2v) is 5.69. The highest BCUT2D eigenvalue weighted by Crippen LogP contribution is 2.25. The predicted octanol–water partition coefficient (Wildman–Crippen LogP) is 3.04. The van der Waals surface area contributed by atoms with Gasteiger partial charge in [-0.15, -0.1) is 13.2 Å². The van der Waals surface area contributed by atoms with Crippen molar-refractivity contribution in [1.82, 2.24) is 9.55 Å². The largest absolute Gasteiger partial charge is 0.573 e. The van der Waals surface area contributed by atoms with Gasteiger partial charge in [0.2, 0.25) is 0 Å². The molecule has 0 saturated heterocycles. The van der Waals surface area contributed by atoms with E-state index < -0.39 is 18.2 Å². The molecule has 0 radical (unpaired) electrons. The van der Waals surface area contributed by atoms with E-state index in [4.69, 9.17) is 4.74 Å². The van der Waals surface area contributed by atoms with Crippen LogP contribution >= 0.6 is 0 Å². The number of benzene rings is 2. The molecule has 2 aromatic carbocycles. The number of alkyl halides is 3. The van der Waals surface area contributed by atoms with Crippen LogP contribution in [0.25, 0.3) is 10.9 Å². The van der Waals surface area contributed by atoms with E-state index in [1.54, 1.807) is 18.2 Å². The molecule has 142 valence electrons. The van der Waals surface area contributed by atoms with Crippen LogP contribution in [-0.4, -0.2) is 28.1 Å². The zero-order valence-electron chi connectivity index (χ0n) is 14.1. The summed E-state index contributed by atoms with van der Waals surface area (Å²) < 4.78 is 46.7. The summed E-state index contributed by atoms with van der Waals surface area (Å²) in [4.78, 5) is 16.8. The Hall–Kier alpha value is -3.07. The van der Waals surface area contributed by atoms with Crippen LogP contribution in [0.2, 0.25) is 0 Å². The zero-order chi connectivity index (χ0) is 19.6. The Labute approximate surface area is 151 Å². The lowest BCUT2D eigenvalue weighted by atomic mass is 10.1. The van der Waals surface area contributed by atoms with Gasteiger partial charge in [0, 0.05) is 0 Å². The first-order chi connectivity index (χ1) is 12.8. The maximum atomic E-state index is 12.6. The van der Waals surface area contributed by atoms with E-state index in [-0.39, 0.29) is 12.1 Å². The minimum Gasteiger partial charge on any atom is -0.494 e. The third kappa shape index (κ3) is 4.20. The predicted molar refractivity (Wildman–Crippen MR) is 90.6 cm³/mol. The molecule has 0 amide bonds. The van der Waals surface area contributed by atoms with Crippen LogP contribution in [0.3, 0.4) is 0 Å². The maximum absolute atomic E-state index is 12.6. The quantitative estimate of drug-likeness (QED) is 0.737. The summed E-state index contributed by atoms with van der Waals surface area (Å²) in [6, 6.07) is 9.72. The maximum Gasteiger partial charge on any atom is 0.573 e. The molecule has 9 heteroatoms. The fourth-order valence-electron chi connectivity index (χ4n) is 2.64. The van der Waals surface area contributed by atoms with Crippen molar-refractivity contribution in [3.8, 4) is 11.5 Å². The van der Waals surface area contributed by atoms with Crippen LogP contribution < -0.4 is 15.0 Å². The van der Waals surface area contributed by atoms with E-state index in [0.29, 0.717) is 22.2 Å². The number of aliphatic hydroxyl groups excluding tert-OH is 1. The molecule has 6 nitrogen and oxygen atoms in total. The van der Waals surface area contributed by atoms with Crippen molar-refractivity contribution < 1.29 is 27.8 Å². The number of rotatable bonds is 5. The monoisotopic (exact) mass is 380 g/mol. The zero-order valence-corrected chi connectivity index (χ0v) is 14.1. The van der Waals surface area contributed by atoms with Crippen molar-refractivity contribution in [1.29, 1.82) is 0 Å². The number of hydrogen-bond acceptors (Lipinski definition) is 5. The van der Waals surface area contributed by atoms with E-state index in [1.165, 1.54) is 30.1 Å². The molecule has 1 unspecified atom stereocenters. The molecule has 0 spiro atoms. The summed E-state index contributed by atoms with van der Waals surface area (Å²) in [6.45, 7) is -0.113. The van der Waals surface area contributed by atoms with Gasteiger partial charge in [-0.3, -0.25) is 9.36 Å². The number of ether oxygens (including phenoxy) is 2. The highest BCUT2D eigenvalue weighted by Gasteiger charge is 2.31. The first kappa shape index (κ1) is 18.7. The Balaban J connectivity index is 1.83. The number of halogens is 3. The fourth-order valence-corrected chi connectivity index (χ4v) is 2.64. The van der Waals surface area contributed by atoms with Gasteiger partial charge < -0.3 is 14.6 Å². The summed E-state index contributed by atoms with van der Waals surface area (Å²) in [7, 11) is 1.47. The number of methoxy groups -OCH3 is 1. The van der Waals surface area contributed by atoms with E-state index in [9.17, 15) is 23.1 Å². The molecule has 0 fully saturated rings. The number of para-hydroxylation sites is 1. The van der Waals surface area contributed by atoms with Gasteiger partial charge in [-0.05, 0) is 29.8 Å². The van der Waals surface area contributed by atoms with E-state index >= 15 is 0 Å². The van der Waals surface area contributed by atoms with Gasteiger partial charge in [0.1, 0.15) is 17.0 Å². The average molecular weight is 380 g/mol. The Morgan fingerprint density at radius 2 is 1.89 bits per heavy atom. The third-order valence-corrected chi connectivity index (χ3v) is 3.90.